The van der Waals surface area contributed by atoms with E-state index in [0.29, 0.717) is 18.7 Å². The molecule has 1 aliphatic rings. The molecule has 0 aromatic heterocycles. The summed E-state index contributed by atoms with van der Waals surface area (Å²) in [7, 11) is 0. The summed E-state index contributed by atoms with van der Waals surface area (Å²) in [6, 6.07) is 11.5. The van der Waals surface area contributed by atoms with E-state index in [2.05, 4.69) is 0 Å². The summed E-state index contributed by atoms with van der Waals surface area (Å²) in [6.07, 6.45) is 1.90. The molecule has 1 saturated heterocycles. The van der Waals surface area contributed by atoms with E-state index in [1.807, 2.05) is 62.9 Å². The number of carbonyl (C=O) groups excluding carboxylic acids is 2. The van der Waals surface area contributed by atoms with Crippen molar-refractivity contribution in [3.8, 4) is 0 Å². The van der Waals surface area contributed by atoms with E-state index < -0.39 is 0 Å². The smallest absolute Gasteiger partial charge is 0.338 e. The van der Waals surface area contributed by atoms with Crippen LogP contribution in [0.25, 0.3) is 0 Å². The van der Waals surface area contributed by atoms with Crippen LogP contribution in [-0.4, -0.2) is 36.5 Å². The average molecular weight is 380 g/mol. The van der Waals surface area contributed by atoms with Crippen molar-refractivity contribution in [3.63, 3.8) is 0 Å². The van der Waals surface area contributed by atoms with Gasteiger partial charge in [-0.3, -0.25) is 4.79 Å². The Hall–Kier alpha value is -2.62. The summed E-state index contributed by atoms with van der Waals surface area (Å²) < 4.78 is 5.55. The molecule has 1 heterocycles. The van der Waals surface area contributed by atoms with Gasteiger partial charge in [0.25, 0.3) is 5.91 Å². The number of amides is 1. The number of esters is 1. The van der Waals surface area contributed by atoms with Crippen molar-refractivity contribution >= 4 is 11.9 Å². The normalized spacial score (nSPS) is 16.7. The number of hydrogen-bond donors (Lipinski definition) is 0. The molecule has 0 bridgehead atoms. The molecule has 4 nitrogen and oxygen atoms in total. The Labute approximate surface area is 167 Å². The zero-order chi connectivity index (χ0) is 20.3. The van der Waals surface area contributed by atoms with E-state index in [4.69, 9.17) is 4.74 Å². The summed E-state index contributed by atoms with van der Waals surface area (Å²) >= 11 is 0. The quantitative estimate of drug-likeness (QED) is 0.728. The first-order chi connectivity index (χ1) is 13.3. The molecule has 28 heavy (non-hydrogen) atoms. The second-order valence-electron chi connectivity index (χ2n) is 7.96. The highest BCUT2D eigenvalue weighted by Crippen LogP contribution is 2.21. The van der Waals surface area contributed by atoms with Crippen molar-refractivity contribution in [1.29, 1.82) is 0 Å². The molecule has 1 unspecified atom stereocenters. The number of hydrogen-bond acceptors (Lipinski definition) is 3. The minimum Gasteiger partial charge on any atom is -0.462 e. The molecule has 0 N–H and O–H groups in total. The van der Waals surface area contributed by atoms with Gasteiger partial charge in [0.05, 0.1) is 12.2 Å². The van der Waals surface area contributed by atoms with Gasteiger partial charge >= 0.3 is 5.97 Å². The van der Waals surface area contributed by atoms with E-state index in [0.717, 1.165) is 41.6 Å². The lowest BCUT2D eigenvalue weighted by Gasteiger charge is -2.32. The van der Waals surface area contributed by atoms with E-state index in [1.54, 1.807) is 6.07 Å². The Morgan fingerprint density at radius 3 is 2.18 bits per heavy atom. The molecular weight excluding hydrogens is 350 g/mol. The summed E-state index contributed by atoms with van der Waals surface area (Å²) in [6.45, 7) is 9.82. The number of nitrogens with zero attached hydrogens (tertiary/aromatic N) is 1. The van der Waals surface area contributed by atoms with Crippen LogP contribution in [0.3, 0.4) is 0 Å². The van der Waals surface area contributed by atoms with Crippen LogP contribution in [0.4, 0.5) is 0 Å². The number of likely N-dealkylation sites (tertiary alicyclic amines) is 1. The molecule has 1 fully saturated rings. The molecule has 2 aromatic carbocycles. The topological polar surface area (TPSA) is 46.6 Å². The Morgan fingerprint density at radius 1 is 0.929 bits per heavy atom. The van der Waals surface area contributed by atoms with Gasteiger partial charge in [0.1, 0.15) is 0 Å². The lowest BCUT2D eigenvalue weighted by Crippen LogP contribution is -2.41. The summed E-state index contributed by atoms with van der Waals surface area (Å²) in [5, 5.41) is 0. The predicted molar refractivity (Wildman–Crippen MR) is 111 cm³/mol. The van der Waals surface area contributed by atoms with Gasteiger partial charge in [-0.1, -0.05) is 12.1 Å². The van der Waals surface area contributed by atoms with E-state index in [9.17, 15) is 9.59 Å². The third kappa shape index (κ3) is 4.61. The Bertz CT molecular complexity index is 887. The molecule has 148 valence electrons. The van der Waals surface area contributed by atoms with Crippen LogP contribution in [0.2, 0.25) is 0 Å². The van der Waals surface area contributed by atoms with Crippen LogP contribution in [0.15, 0.2) is 36.4 Å². The predicted octanol–water partition coefficient (Wildman–Crippen LogP) is 4.63. The van der Waals surface area contributed by atoms with Gasteiger partial charge in [-0.25, -0.2) is 4.79 Å². The molecule has 1 amide bonds. The number of ether oxygens (including phenoxy) is 1. The summed E-state index contributed by atoms with van der Waals surface area (Å²) in [4.78, 5) is 27.1. The van der Waals surface area contributed by atoms with Crippen LogP contribution in [0, 0.1) is 33.6 Å². The molecular formula is C24H29NO3. The van der Waals surface area contributed by atoms with Crippen molar-refractivity contribution in [2.24, 2.45) is 5.92 Å². The average Bonchev–Trinajstić information content (AvgIpc) is 2.70. The number of piperidine rings is 1. The van der Waals surface area contributed by atoms with Crippen molar-refractivity contribution in [3.05, 3.63) is 69.8 Å². The molecule has 3 rings (SSSR count). The number of benzene rings is 2. The second kappa shape index (κ2) is 8.59. The van der Waals surface area contributed by atoms with Gasteiger partial charge in [0, 0.05) is 24.6 Å². The summed E-state index contributed by atoms with van der Waals surface area (Å²) in [5.41, 5.74) is 5.87. The van der Waals surface area contributed by atoms with Crippen molar-refractivity contribution in [2.75, 3.05) is 19.7 Å². The fraction of sp³-hybridized carbons (Fsp3) is 0.417. The Kier molecular flexibility index (Phi) is 6.18. The highest BCUT2D eigenvalue weighted by atomic mass is 16.5. The van der Waals surface area contributed by atoms with Crippen molar-refractivity contribution < 1.29 is 14.3 Å². The first-order valence-corrected chi connectivity index (χ1v) is 9.96. The lowest BCUT2D eigenvalue weighted by molar-refractivity contribution is 0.0342. The maximum absolute atomic E-state index is 12.9. The number of rotatable bonds is 4. The fourth-order valence-corrected chi connectivity index (χ4v) is 3.59. The van der Waals surface area contributed by atoms with Crippen molar-refractivity contribution in [1.82, 2.24) is 4.90 Å². The van der Waals surface area contributed by atoms with Crippen LogP contribution in [-0.2, 0) is 4.74 Å². The second-order valence-corrected chi connectivity index (χ2v) is 7.96. The molecule has 4 heteroatoms. The van der Waals surface area contributed by atoms with Gasteiger partial charge in [-0.2, -0.15) is 0 Å². The minimum atomic E-state index is -0.291. The van der Waals surface area contributed by atoms with Gasteiger partial charge in [-0.15, -0.1) is 0 Å². The van der Waals surface area contributed by atoms with Gasteiger partial charge in [0.15, 0.2) is 0 Å². The van der Waals surface area contributed by atoms with Crippen LogP contribution in [0.1, 0.15) is 55.8 Å². The van der Waals surface area contributed by atoms with E-state index >= 15 is 0 Å². The van der Waals surface area contributed by atoms with Gasteiger partial charge in [-0.05, 0) is 87.1 Å². The minimum absolute atomic E-state index is 0.0632. The highest BCUT2D eigenvalue weighted by molar-refractivity contribution is 5.94. The maximum Gasteiger partial charge on any atom is 0.338 e. The first kappa shape index (κ1) is 20.1. The molecule has 1 atom stereocenters. The third-order valence-corrected chi connectivity index (χ3v) is 5.75. The van der Waals surface area contributed by atoms with E-state index in [1.165, 1.54) is 5.56 Å². The Morgan fingerprint density at radius 2 is 1.54 bits per heavy atom. The molecule has 0 radical (unpaired) electrons. The highest BCUT2D eigenvalue weighted by Gasteiger charge is 2.25. The van der Waals surface area contributed by atoms with Crippen LogP contribution >= 0.6 is 0 Å². The van der Waals surface area contributed by atoms with Crippen molar-refractivity contribution in [2.45, 2.75) is 40.5 Å². The largest absolute Gasteiger partial charge is 0.462 e. The molecule has 0 saturated carbocycles. The molecule has 1 aliphatic heterocycles. The molecule has 0 spiro atoms. The van der Waals surface area contributed by atoms with Gasteiger partial charge < -0.3 is 9.64 Å². The zero-order valence-corrected chi connectivity index (χ0v) is 17.2. The number of carbonyl (C=O) groups is 2. The van der Waals surface area contributed by atoms with E-state index in [-0.39, 0.29) is 17.8 Å². The molecule has 2 aromatic rings. The third-order valence-electron chi connectivity index (χ3n) is 5.75. The number of aryl methyl sites for hydroxylation is 4. The monoisotopic (exact) mass is 379 g/mol. The standard InChI is InChI=1S/C24H29NO3/c1-16-7-9-21(12-18(16)3)23(26)25-11-5-6-20(14-25)15-28-24(27)22-10-8-17(2)19(4)13-22/h7-10,12-13,20H,5-6,11,14-15H2,1-4H3. The van der Waals surface area contributed by atoms with Crippen LogP contribution in [0.5, 0.6) is 0 Å². The maximum atomic E-state index is 12.9. The Balaban J connectivity index is 1.58. The fourth-order valence-electron chi connectivity index (χ4n) is 3.59. The van der Waals surface area contributed by atoms with Gasteiger partial charge in [0.2, 0.25) is 0 Å². The zero-order valence-electron chi connectivity index (χ0n) is 17.2. The summed E-state index contributed by atoms with van der Waals surface area (Å²) in [5.74, 6) is -0.0475. The first-order valence-electron chi connectivity index (χ1n) is 9.96. The SMILES string of the molecule is Cc1ccc(C(=O)OCC2CCCN(C(=O)c3ccc(C)c(C)c3)C2)cc1C. The van der Waals surface area contributed by atoms with Crippen LogP contribution < -0.4 is 0 Å². The molecule has 0 aliphatic carbocycles. The lowest BCUT2D eigenvalue weighted by atomic mass is 9.97.